The minimum Gasteiger partial charge on any atom is -0.481 e. The van der Waals surface area contributed by atoms with Crippen LogP contribution in [0.3, 0.4) is 0 Å². The molecular weight excluding hydrogens is 823 g/mol. The fraction of sp³-hybridized carbons (Fsp3) is 0.585. The number of aromatic amines is 1. The Morgan fingerprint density at radius 3 is 2.29 bits per heavy atom. The number of hydrogen-bond acceptors (Lipinski definition) is 12. The number of hydrogen-bond donors (Lipinski definition) is 11. The van der Waals surface area contributed by atoms with Crippen LogP contribution in [0.15, 0.2) is 30.5 Å². The van der Waals surface area contributed by atoms with Crippen LogP contribution in [-0.4, -0.2) is 154 Å². The van der Waals surface area contributed by atoms with Crippen LogP contribution in [-0.2, 0) is 49.6 Å². The van der Waals surface area contributed by atoms with Gasteiger partial charge in [-0.2, -0.15) is 0 Å². The molecule has 22 heteroatoms. The number of amides is 8. The highest BCUT2D eigenvalue weighted by molar-refractivity contribution is 5.97. The van der Waals surface area contributed by atoms with Crippen molar-refractivity contribution in [1.29, 1.82) is 0 Å². The highest BCUT2D eigenvalue weighted by Crippen LogP contribution is 2.19. The van der Waals surface area contributed by atoms with E-state index in [4.69, 9.17) is 17.2 Å². The van der Waals surface area contributed by atoms with E-state index in [0.717, 1.165) is 21.4 Å². The van der Waals surface area contributed by atoms with Crippen molar-refractivity contribution in [2.45, 2.75) is 108 Å². The Hall–Kier alpha value is -6.13. The largest absolute Gasteiger partial charge is 0.481 e. The molecule has 5 atom stereocenters. The smallest absolute Gasteiger partial charge is 0.305 e. The first kappa shape index (κ1) is 51.2. The first-order valence-corrected chi connectivity index (χ1v) is 21.2. The Bertz CT molecular complexity index is 1910. The molecule has 22 nitrogen and oxygen atoms in total. The van der Waals surface area contributed by atoms with Gasteiger partial charge in [-0.15, -0.1) is 0 Å². The lowest BCUT2D eigenvalue weighted by molar-refractivity contribution is -0.143. The minimum atomic E-state index is -1.73. The number of nitrogens with two attached hydrogens (primary N) is 3. The molecule has 0 spiro atoms. The van der Waals surface area contributed by atoms with E-state index in [1.807, 2.05) is 24.3 Å². The lowest BCUT2D eigenvalue weighted by Crippen LogP contribution is -2.59. The summed E-state index contributed by atoms with van der Waals surface area (Å²) in [6.45, 7) is -0.287. The van der Waals surface area contributed by atoms with Crippen LogP contribution in [0.1, 0.15) is 76.7 Å². The lowest BCUT2D eigenvalue weighted by atomic mass is 10.0. The SMILES string of the molecule is C[C@H](NC(=O)CN1CCCCCC(=O)NCCCCN(C(=O)[C@@H](N)Cc2c[nH]c3ccccc23)CC(=O)N[C@@H](CC(=O)O)C(=O)N[C@@H](CCCCN)C(=O)N[C@@H](CO)C1=O)C(N)=O. The monoisotopic (exact) mass is 885 g/mol. The predicted octanol–water partition coefficient (Wildman–Crippen LogP) is -2.79. The zero-order valence-corrected chi connectivity index (χ0v) is 35.7. The lowest BCUT2D eigenvalue weighted by Gasteiger charge is -2.29. The van der Waals surface area contributed by atoms with E-state index in [2.05, 4.69) is 31.6 Å². The van der Waals surface area contributed by atoms with Crippen molar-refractivity contribution in [3.63, 3.8) is 0 Å². The van der Waals surface area contributed by atoms with Gasteiger partial charge in [-0.05, 0) is 76.5 Å². The quantitative estimate of drug-likeness (QED) is 0.0856. The van der Waals surface area contributed by atoms with Crippen LogP contribution in [0.4, 0.5) is 0 Å². The van der Waals surface area contributed by atoms with Gasteiger partial charge in [0.05, 0.1) is 32.2 Å². The normalized spacial score (nSPS) is 20.6. The van der Waals surface area contributed by atoms with Gasteiger partial charge in [-0.1, -0.05) is 24.6 Å². The number of para-hydroxylation sites is 1. The van der Waals surface area contributed by atoms with Crippen LogP contribution in [0, 0.1) is 0 Å². The standard InChI is InChI=1S/C41H63N11O11/c1-25(37(44)59)47-34(55)22-52-17-9-2-3-14-33(54)45-16-8-10-18-51(40(62)28(43)19-26-21-46-29-12-5-4-11-27(26)29)23-35(56)48-31(20-36(57)58)39(61)49-30(13-6-7-15-42)38(60)50-32(24-53)41(52)63/h4-5,11-12,21,25,28,30-32,46,53H,2-3,6-10,13-20,22-24,42-43H2,1H3,(H2,44,59)(H,45,54)(H,47,55)(H,48,56)(H,49,61)(H,50,60)(H,57,58)/t25-,28-,30-,31-,32-/m0/s1. The van der Waals surface area contributed by atoms with Gasteiger partial charge in [-0.3, -0.25) is 43.2 Å². The molecule has 1 aromatic carbocycles. The van der Waals surface area contributed by atoms with Crippen molar-refractivity contribution in [2.75, 3.05) is 45.9 Å². The maximum Gasteiger partial charge on any atom is 0.305 e. The number of nitrogens with one attached hydrogen (secondary N) is 6. The summed E-state index contributed by atoms with van der Waals surface area (Å²) in [5, 5.41) is 33.3. The van der Waals surface area contributed by atoms with Crippen LogP contribution >= 0.6 is 0 Å². The number of rotatable bonds is 14. The number of aliphatic carboxylic acids is 1. The van der Waals surface area contributed by atoms with Crippen molar-refractivity contribution in [3.05, 3.63) is 36.0 Å². The molecule has 14 N–H and O–H groups in total. The summed E-state index contributed by atoms with van der Waals surface area (Å²) in [5.41, 5.74) is 19.0. The number of aliphatic hydroxyl groups excluding tert-OH is 1. The molecule has 0 saturated carbocycles. The molecule has 2 heterocycles. The third-order valence-electron chi connectivity index (χ3n) is 10.4. The van der Waals surface area contributed by atoms with Gasteiger partial charge < -0.3 is 68.8 Å². The van der Waals surface area contributed by atoms with E-state index < -0.39 is 104 Å². The zero-order valence-electron chi connectivity index (χ0n) is 35.7. The number of carboxylic acid groups (broad SMARTS) is 1. The molecule has 1 aromatic heterocycles. The molecule has 348 valence electrons. The van der Waals surface area contributed by atoms with Gasteiger partial charge in [-0.25, -0.2) is 0 Å². The average Bonchev–Trinajstić information content (AvgIpc) is 3.64. The van der Waals surface area contributed by atoms with Crippen molar-refractivity contribution in [1.82, 2.24) is 41.4 Å². The second-order valence-corrected chi connectivity index (χ2v) is 15.6. The second-order valence-electron chi connectivity index (χ2n) is 15.6. The Morgan fingerprint density at radius 1 is 0.889 bits per heavy atom. The molecule has 63 heavy (non-hydrogen) atoms. The fourth-order valence-electron chi connectivity index (χ4n) is 6.94. The number of unbranched alkanes of at least 4 members (excludes halogenated alkanes) is 1. The van der Waals surface area contributed by atoms with E-state index in [-0.39, 0.29) is 51.3 Å². The maximum absolute atomic E-state index is 13.8. The zero-order chi connectivity index (χ0) is 46.5. The number of carboxylic acids is 1. The Morgan fingerprint density at radius 2 is 1.59 bits per heavy atom. The number of carbonyl (C=O) groups is 9. The topological polar surface area (TPSA) is 355 Å². The molecule has 0 bridgehead atoms. The second kappa shape index (κ2) is 26.4. The fourth-order valence-corrected chi connectivity index (χ4v) is 6.94. The molecule has 1 aliphatic heterocycles. The summed E-state index contributed by atoms with van der Waals surface area (Å²) < 4.78 is 0. The molecule has 3 rings (SSSR count). The number of nitrogens with zero attached hydrogens (tertiary/aromatic N) is 2. The predicted molar refractivity (Wildman–Crippen MR) is 229 cm³/mol. The number of aromatic nitrogens is 1. The van der Waals surface area contributed by atoms with Crippen molar-refractivity contribution in [3.8, 4) is 0 Å². The molecule has 2 aromatic rings. The summed E-state index contributed by atoms with van der Waals surface area (Å²) in [6.07, 6.45) is 3.67. The molecular formula is C41H63N11O11. The summed E-state index contributed by atoms with van der Waals surface area (Å²) in [4.78, 5) is 123. The maximum atomic E-state index is 13.8. The molecule has 0 aliphatic carbocycles. The third-order valence-corrected chi connectivity index (χ3v) is 10.4. The van der Waals surface area contributed by atoms with Gasteiger partial charge in [0.25, 0.3) is 0 Å². The van der Waals surface area contributed by atoms with E-state index in [9.17, 15) is 53.4 Å². The van der Waals surface area contributed by atoms with E-state index in [1.165, 1.54) is 11.8 Å². The number of benzene rings is 1. The molecule has 8 amide bonds. The van der Waals surface area contributed by atoms with Gasteiger partial charge in [0, 0.05) is 43.2 Å². The Balaban J connectivity index is 1.90. The minimum absolute atomic E-state index is 0.0313. The van der Waals surface area contributed by atoms with Crippen molar-refractivity contribution >= 4 is 64.1 Å². The van der Waals surface area contributed by atoms with Crippen molar-refractivity contribution in [2.24, 2.45) is 17.2 Å². The summed E-state index contributed by atoms with van der Waals surface area (Å²) in [7, 11) is 0. The van der Waals surface area contributed by atoms with E-state index in [0.29, 0.717) is 44.9 Å². The number of H-pyrrole nitrogens is 1. The van der Waals surface area contributed by atoms with Gasteiger partial charge in [0.15, 0.2) is 0 Å². The Kier molecular flexibility index (Phi) is 21.4. The molecule has 1 aliphatic rings. The number of carbonyl (C=O) groups excluding carboxylic acids is 8. The summed E-state index contributed by atoms with van der Waals surface area (Å²) in [6, 6.07) is 0.546. The first-order valence-electron chi connectivity index (χ1n) is 21.2. The van der Waals surface area contributed by atoms with Crippen LogP contribution in [0.25, 0.3) is 10.9 Å². The van der Waals surface area contributed by atoms with Gasteiger partial charge in [0.2, 0.25) is 47.3 Å². The highest BCUT2D eigenvalue weighted by atomic mass is 16.4. The van der Waals surface area contributed by atoms with Crippen LogP contribution in [0.5, 0.6) is 0 Å². The molecule has 1 saturated heterocycles. The molecule has 0 unspecified atom stereocenters. The van der Waals surface area contributed by atoms with Gasteiger partial charge >= 0.3 is 5.97 Å². The average molecular weight is 886 g/mol. The highest BCUT2D eigenvalue weighted by Gasteiger charge is 2.33. The number of fused-ring (bicyclic) bond motifs is 1. The Labute approximate surface area is 365 Å². The third kappa shape index (κ3) is 17.3. The molecule has 1 fully saturated rings. The summed E-state index contributed by atoms with van der Waals surface area (Å²) in [5.74, 6) is -7.64. The van der Waals surface area contributed by atoms with E-state index in [1.54, 1.807) is 6.20 Å². The van der Waals surface area contributed by atoms with E-state index >= 15 is 0 Å². The van der Waals surface area contributed by atoms with Crippen LogP contribution in [0.2, 0.25) is 0 Å². The number of aliphatic hydroxyl groups is 1. The summed E-state index contributed by atoms with van der Waals surface area (Å²) >= 11 is 0. The van der Waals surface area contributed by atoms with Crippen LogP contribution < -0.4 is 43.8 Å². The first-order chi connectivity index (χ1) is 30.0. The number of primary amides is 1. The van der Waals surface area contributed by atoms with Gasteiger partial charge in [0.1, 0.15) is 24.2 Å². The molecule has 0 radical (unpaired) electrons. The van der Waals surface area contributed by atoms with Crippen molar-refractivity contribution < 1.29 is 53.4 Å².